The summed E-state index contributed by atoms with van der Waals surface area (Å²) in [5, 5.41) is 5.84. The third-order valence-corrected chi connectivity index (χ3v) is 4.05. The van der Waals surface area contributed by atoms with Gasteiger partial charge in [0.05, 0.1) is 0 Å². The van der Waals surface area contributed by atoms with Crippen molar-refractivity contribution in [2.45, 2.75) is 39.5 Å². The third kappa shape index (κ3) is 8.34. The fourth-order valence-electron chi connectivity index (χ4n) is 2.55. The topological polar surface area (TPSA) is 64.7 Å². The summed E-state index contributed by atoms with van der Waals surface area (Å²) < 4.78 is 0. The predicted octanol–water partition coefficient (Wildman–Crippen LogP) is 0.437. The second-order valence-corrected chi connectivity index (χ2v) is 5.80. The number of carbonyl (C=O) groups excluding carboxylic acids is 2. The van der Waals surface area contributed by atoms with Crippen molar-refractivity contribution in [3.05, 3.63) is 0 Å². The number of nitrogens with one attached hydrogen (secondary N) is 2. The molecule has 0 bridgehead atoms. The Morgan fingerprint density at radius 3 is 1.45 bits per heavy atom. The van der Waals surface area contributed by atoms with E-state index in [0.717, 1.165) is 65.2 Å². The number of piperazine rings is 1. The molecule has 0 aromatic rings. The monoisotopic (exact) mass is 312 g/mol. The van der Waals surface area contributed by atoms with Gasteiger partial charge in [-0.25, -0.2) is 0 Å². The Balaban J connectivity index is 1.99. The molecule has 0 aromatic carbocycles. The van der Waals surface area contributed by atoms with Crippen molar-refractivity contribution < 1.29 is 9.59 Å². The second-order valence-electron chi connectivity index (χ2n) is 5.80. The number of hydrogen-bond acceptors (Lipinski definition) is 4. The highest BCUT2D eigenvalue weighted by atomic mass is 16.2. The maximum absolute atomic E-state index is 11.1. The van der Waals surface area contributed by atoms with E-state index in [1.165, 1.54) is 0 Å². The van der Waals surface area contributed by atoms with Gasteiger partial charge in [-0.05, 0) is 25.9 Å². The Bertz CT molecular complexity index is 296. The van der Waals surface area contributed by atoms with Gasteiger partial charge in [-0.15, -0.1) is 0 Å². The summed E-state index contributed by atoms with van der Waals surface area (Å²) in [5.41, 5.74) is 0. The minimum atomic E-state index is 0.139. The van der Waals surface area contributed by atoms with Crippen LogP contribution in [-0.4, -0.2) is 74.0 Å². The quantitative estimate of drug-likeness (QED) is 0.575. The van der Waals surface area contributed by atoms with Gasteiger partial charge < -0.3 is 20.4 Å². The van der Waals surface area contributed by atoms with Crippen LogP contribution in [-0.2, 0) is 9.59 Å². The van der Waals surface area contributed by atoms with Gasteiger partial charge >= 0.3 is 0 Å². The zero-order chi connectivity index (χ0) is 16.2. The van der Waals surface area contributed by atoms with Crippen LogP contribution in [0.2, 0.25) is 0 Å². The minimum Gasteiger partial charge on any atom is -0.356 e. The molecule has 0 radical (unpaired) electrons. The smallest absolute Gasteiger partial charge is 0.219 e. The third-order valence-electron chi connectivity index (χ3n) is 4.05. The van der Waals surface area contributed by atoms with Gasteiger partial charge in [0.15, 0.2) is 0 Å². The molecule has 0 spiro atoms. The van der Waals surface area contributed by atoms with Gasteiger partial charge in [-0.1, -0.05) is 13.8 Å². The fourth-order valence-corrected chi connectivity index (χ4v) is 2.55. The predicted molar refractivity (Wildman–Crippen MR) is 88.7 cm³/mol. The van der Waals surface area contributed by atoms with Gasteiger partial charge in [0.25, 0.3) is 0 Å². The molecule has 1 aliphatic rings. The highest BCUT2D eigenvalue weighted by molar-refractivity contribution is 5.75. The van der Waals surface area contributed by atoms with E-state index >= 15 is 0 Å². The van der Waals surface area contributed by atoms with E-state index < -0.39 is 0 Å². The summed E-state index contributed by atoms with van der Waals surface area (Å²) in [6.45, 7) is 11.8. The summed E-state index contributed by atoms with van der Waals surface area (Å²) in [5.74, 6) is 0.278. The highest BCUT2D eigenvalue weighted by Gasteiger charge is 2.15. The standard InChI is InChI=1S/C16H32N4O2/c1-3-15(21)17-7-5-9-19-11-13-20(14-12-19)10-6-8-18-16(22)4-2/h3-14H2,1-2H3,(H,17,21)(H,18,22). The average molecular weight is 312 g/mol. The van der Waals surface area contributed by atoms with Gasteiger partial charge in [-0.3, -0.25) is 9.59 Å². The molecule has 0 atom stereocenters. The SMILES string of the molecule is CCC(=O)NCCCN1CCN(CCCNC(=O)CC)CC1. The van der Waals surface area contributed by atoms with Crippen LogP contribution in [0.15, 0.2) is 0 Å². The summed E-state index contributed by atoms with van der Waals surface area (Å²) >= 11 is 0. The number of hydrogen-bond donors (Lipinski definition) is 2. The van der Waals surface area contributed by atoms with Gasteiger partial charge in [0.2, 0.25) is 11.8 Å². The molecule has 1 aliphatic heterocycles. The van der Waals surface area contributed by atoms with Crippen LogP contribution in [0, 0.1) is 0 Å². The van der Waals surface area contributed by atoms with E-state index in [1.807, 2.05) is 13.8 Å². The lowest BCUT2D eigenvalue weighted by Crippen LogP contribution is -2.47. The molecule has 0 saturated carbocycles. The molecule has 0 aromatic heterocycles. The van der Waals surface area contributed by atoms with Crippen molar-refractivity contribution in [1.29, 1.82) is 0 Å². The Hall–Kier alpha value is -1.14. The van der Waals surface area contributed by atoms with Crippen molar-refractivity contribution in [1.82, 2.24) is 20.4 Å². The first-order valence-electron chi connectivity index (χ1n) is 8.63. The van der Waals surface area contributed by atoms with Crippen molar-refractivity contribution in [3.8, 4) is 0 Å². The van der Waals surface area contributed by atoms with Crippen molar-refractivity contribution >= 4 is 11.8 Å². The van der Waals surface area contributed by atoms with Gasteiger partial charge in [0, 0.05) is 52.1 Å². The lowest BCUT2D eigenvalue weighted by Gasteiger charge is -2.34. The van der Waals surface area contributed by atoms with Gasteiger partial charge in [-0.2, -0.15) is 0 Å². The second kappa shape index (κ2) is 11.4. The highest BCUT2D eigenvalue weighted by Crippen LogP contribution is 2.03. The molecule has 22 heavy (non-hydrogen) atoms. The molecule has 1 heterocycles. The van der Waals surface area contributed by atoms with Crippen LogP contribution in [0.4, 0.5) is 0 Å². The maximum atomic E-state index is 11.1. The molecule has 2 N–H and O–H groups in total. The van der Waals surface area contributed by atoms with E-state index in [9.17, 15) is 9.59 Å². The zero-order valence-corrected chi connectivity index (χ0v) is 14.2. The summed E-state index contributed by atoms with van der Waals surface area (Å²) in [6, 6.07) is 0. The van der Waals surface area contributed by atoms with E-state index in [1.54, 1.807) is 0 Å². The number of amides is 2. The molecule has 1 rings (SSSR count). The first-order chi connectivity index (χ1) is 10.7. The average Bonchev–Trinajstić information content (AvgIpc) is 2.56. The summed E-state index contributed by atoms with van der Waals surface area (Å²) in [6.07, 6.45) is 3.18. The molecule has 0 unspecified atom stereocenters. The molecule has 1 saturated heterocycles. The van der Waals surface area contributed by atoms with E-state index in [2.05, 4.69) is 20.4 Å². The van der Waals surface area contributed by atoms with E-state index in [0.29, 0.717) is 12.8 Å². The molecule has 6 nitrogen and oxygen atoms in total. The van der Waals surface area contributed by atoms with Crippen molar-refractivity contribution in [2.24, 2.45) is 0 Å². The number of nitrogens with zero attached hydrogens (tertiary/aromatic N) is 2. The van der Waals surface area contributed by atoms with Crippen LogP contribution in [0.25, 0.3) is 0 Å². The van der Waals surface area contributed by atoms with Crippen LogP contribution < -0.4 is 10.6 Å². The Morgan fingerprint density at radius 1 is 0.773 bits per heavy atom. The number of carbonyl (C=O) groups is 2. The van der Waals surface area contributed by atoms with Crippen LogP contribution >= 0.6 is 0 Å². The first kappa shape index (κ1) is 18.9. The van der Waals surface area contributed by atoms with E-state index in [4.69, 9.17) is 0 Å². The summed E-state index contributed by atoms with van der Waals surface area (Å²) in [7, 11) is 0. The van der Waals surface area contributed by atoms with Crippen LogP contribution in [0.3, 0.4) is 0 Å². The molecule has 2 amide bonds. The first-order valence-corrected chi connectivity index (χ1v) is 8.63. The molecule has 128 valence electrons. The normalized spacial score (nSPS) is 16.5. The number of rotatable bonds is 10. The zero-order valence-electron chi connectivity index (χ0n) is 14.2. The Labute approximate surface area is 134 Å². The van der Waals surface area contributed by atoms with Crippen molar-refractivity contribution in [3.63, 3.8) is 0 Å². The lowest BCUT2D eigenvalue weighted by molar-refractivity contribution is -0.121. The molecule has 0 aliphatic carbocycles. The molecular formula is C16H32N4O2. The van der Waals surface area contributed by atoms with Crippen LogP contribution in [0.5, 0.6) is 0 Å². The van der Waals surface area contributed by atoms with Crippen LogP contribution in [0.1, 0.15) is 39.5 Å². The van der Waals surface area contributed by atoms with Crippen molar-refractivity contribution in [2.75, 3.05) is 52.4 Å². The Morgan fingerprint density at radius 2 is 1.14 bits per heavy atom. The molecular weight excluding hydrogens is 280 g/mol. The molecule has 6 heteroatoms. The lowest BCUT2D eigenvalue weighted by atomic mass is 10.2. The Kier molecular flexibility index (Phi) is 9.82. The molecule has 1 fully saturated rings. The van der Waals surface area contributed by atoms with E-state index in [-0.39, 0.29) is 11.8 Å². The minimum absolute atomic E-state index is 0.139. The summed E-state index contributed by atoms with van der Waals surface area (Å²) in [4.78, 5) is 27.2. The van der Waals surface area contributed by atoms with Gasteiger partial charge in [0.1, 0.15) is 0 Å². The fraction of sp³-hybridized carbons (Fsp3) is 0.875. The maximum Gasteiger partial charge on any atom is 0.219 e. The largest absolute Gasteiger partial charge is 0.356 e.